The third-order valence-corrected chi connectivity index (χ3v) is 6.59. The first-order valence-electron chi connectivity index (χ1n) is 10.3. The molecule has 1 atom stereocenters. The number of azo groups is 1. The molecule has 0 saturated carbocycles. The number of nitrogens with two attached hydrogens (primary N) is 1. The van der Waals surface area contributed by atoms with Crippen LogP contribution in [0.3, 0.4) is 0 Å². The van der Waals surface area contributed by atoms with Gasteiger partial charge >= 0.3 is 0 Å². The van der Waals surface area contributed by atoms with Gasteiger partial charge < -0.3 is 15.1 Å². The first-order chi connectivity index (χ1) is 16.5. The van der Waals surface area contributed by atoms with Crippen LogP contribution in [0.25, 0.3) is 0 Å². The summed E-state index contributed by atoms with van der Waals surface area (Å²) in [6, 6.07) is 24.1. The van der Waals surface area contributed by atoms with Crippen LogP contribution in [-0.2, 0) is 10.0 Å². The smallest absolute Gasteiger partial charge is 0.261 e. The number of sulfonamides is 1. The van der Waals surface area contributed by atoms with Gasteiger partial charge in [-0.2, -0.15) is 10.2 Å². The van der Waals surface area contributed by atoms with E-state index < -0.39 is 16.2 Å². The van der Waals surface area contributed by atoms with Crippen molar-refractivity contribution in [1.29, 1.82) is 0 Å². The molecule has 0 radical (unpaired) electrons. The predicted octanol–water partition coefficient (Wildman–Crippen LogP) is 5.63. The van der Waals surface area contributed by atoms with Crippen LogP contribution >= 0.6 is 0 Å². The van der Waals surface area contributed by atoms with E-state index in [1.807, 2.05) is 30.3 Å². The molecule has 170 valence electrons. The van der Waals surface area contributed by atoms with Crippen molar-refractivity contribution in [2.45, 2.75) is 11.1 Å². The molecule has 0 bridgehead atoms. The highest BCUT2D eigenvalue weighted by Crippen LogP contribution is 2.34. The highest BCUT2D eigenvalue weighted by atomic mass is 32.2. The van der Waals surface area contributed by atoms with Gasteiger partial charge in [0.25, 0.3) is 10.0 Å². The average Bonchev–Trinajstić information content (AvgIpc) is 3.34. The monoisotopic (exact) mass is 472 g/mol. The predicted molar refractivity (Wildman–Crippen MR) is 131 cm³/mol. The number of rotatable bonds is 6. The number of furan rings is 1. The Kier molecular flexibility index (Phi) is 5.66. The molecule has 3 N–H and O–H groups in total. The van der Waals surface area contributed by atoms with E-state index in [1.165, 1.54) is 12.1 Å². The Morgan fingerprint density at radius 3 is 2.26 bits per heavy atom. The average molecular weight is 473 g/mol. The van der Waals surface area contributed by atoms with Gasteiger partial charge in [-0.25, -0.2) is 13.4 Å². The number of nitrogens with zero attached hydrogens (tertiary/aromatic N) is 4. The molecule has 3 aromatic carbocycles. The van der Waals surface area contributed by atoms with Crippen LogP contribution in [0.5, 0.6) is 0 Å². The van der Waals surface area contributed by atoms with Crippen LogP contribution in [0.15, 0.2) is 116 Å². The summed E-state index contributed by atoms with van der Waals surface area (Å²) in [7, 11) is -3.78. The molecule has 0 aliphatic carbocycles. The lowest BCUT2D eigenvalue weighted by Gasteiger charge is -2.29. The fourth-order valence-corrected chi connectivity index (χ4v) is 4.48. The summed E-state index contributed by atoms with van der Waals surface area (Å²) in [6.45, 7) is 0. The van der Waals surface area contributed by atoms with Gasteiger partial charge in [-0.15, -0.1) is 0 Å². The number of fused-ring (bicyclic) bond motifs is 1. The molecule has 0 saturated heterocycles. The summed E-state index contributed by atoms with van der Waals surface area (Å²) >= 11 is 0. The number of aliphatic imine (C=N–C) groups is 1. The molecule has 5 rings (SSSR count). The van der Waals surface area contributed by atoms with Crippen LogP contribution in [-0.4, -0.2) is 14.8 Å². The van der Waals surface area contributed by atoms with E-state index in [1.54, 1.807) is 60.0 Å². The van der Waals surface area contributed by atoms with Crippen molar-refractivity contribution < 1.29 is 12.8 Å². The molecule has 4 aromatic rings. The lowest BCUT2D eigenvalue weighted by molar-refractivity contribution is 0.567. The summed E-state index contributed by atoms with van der Waals surface area (Å²) in [6.07, 6.45) is 2.68. The van der Waals surface area contributed by atoms with E-state index in [4.69, 9.17) is 10.2 Å². The maximum Gasteiger partial charge on any atom is 0.261 e. The van der Waals surface area contributed by atoms with E-state index in [0.29, 0.717) is 22.9 Å². The number of benzene rings is 3. The van der Waals surface area contributed by atoms with Crippen molar-refractivity contribution in [2.24, 2.45) is 21.0 Å². The summed E-state index contributed by atoms with van der Waals surface area (Å²) < 4.78 is 33.5. The van der Waals surface area contributed by atoms with Crippen LogP contribution in [0.4, 0.5) is 28.6 Å². The quantitative estimate of drug-likeness (QED) is 0.352. The molecule has 1 aliphatic heterocycles. The van der Waals surface area contributed by atoms with Crippen LogP contribution in [0, 0.1) is 0 Å². The SMILES string of the molecule is NC1c2ccoc2N=CN1c1ccc(NS(=O)(=O)c2ccc(N=Nc3ccccc3)cc2)cc1. The van der Waals surface area contributed by atoms with E-state index in [-0.39, 0.29) is 4.90 Å². The maximum absolute atomic E-state index is 12.8. The second kappa shape index (κ2) is 8.93. The molecule has 1 aliphatic rings. The van der Waals surface area contributed by atoms with E-state index in [9.17, 15) is 8.42 Å². The van der Waals surface area contributed by atoms with Gasteiger partial charge in [0, 0.05) is 11.4 Å². The first-order valence-corrected chi connectivity index (χ1v) is 11.8. The van der Waals surface area contributed by atoms with E-state index in [2.05, 4.69) is 19.9 Å². The second-order valence-electron chi connectivity index (χ2n) is 7.46. The zero-order valence-corrected chi connectivity index (χ0v) is 18.6. The topological polar surface area (TPSA) is 126 Å². The Morgan fingerprint density at radius 2 is 1.56 bits per heavy atom. The van der Waals surface area contributed by atoms with Crippen LogP contribution in [0.2, 0.25) is 0 Å². The van der Waals surface area contributed by atoms with Gasteiger partial charge in [-0.3, -0.25) is 4.72 Å². The van der Waals surface area contributed by atoms with Gasteiger partial charge in [0.15, 0.2) is 0 Å². The standard InChI is InChI=1S/C24H20N6O3S/c25-23-22-14-15-33-24(22)26-16-30(23)20-10-6-19(7-11-20)29-34(31,32)21-12-8-18(9-13-21)28-27-17-4-2-1-3-5-17/h1-16,23,29H,25H2. The minimum absolute atomic E-state index is 0.118. The Bertz CT molecular complexity index is 1450. The Labute approximate surface area is 196 Å². The number of anilines is 2. The summed E-state index contributed by atoms with van der Waals surface area (Å²) in [5.74, 6) is 0.487. The summed E-state index contributed by atoms with van der Waals surface area (Å²) in [4.78, 5) is 6.14. The highest BCUT2D eigenvalue weighted by molar-refractivity contribution is 7.92. The van der Waals surface area contributed by atoms with Gasteiger partial charge in [0.1, 0.15) is 12.5 Å². The third kappa shape index (κ3) is 4.45. The zero-order valence-electron chi connectivity index (χ0n) is 17.8. The fourth-order valence-electron chi connectivity index (χ4n) is 3.42. The molecule has 0 amide bonds. The van der Waals surface area contributed by atoms with Gasteiger partial charge in [0.2, 0.25) is 5.88 Å². The van der Waals surface area contributed by atoms with Crippen molar-refractivity contribution in [1.82, 2.24) is 0 Å². The second-order valence-corrected chi connectivity index (χ2v) is 9.14. The Morgan fingerprint density at radius 1 is 0.882 bits per heavy atom. The molecule has 1 aromatic heterocycles. The highest BCUT2D eigenvalue weighted by Gasteiger charge is 2.24. The van der Waals surface area contributed by atoms with Crippen LogP contribution in [0.1, 0.15) is 11.7 Å². The maximum atomic E-state index is 12.8. The van der Waals surface area contributed by atoms with Crippen molar-refractivity contribution in [3.05, 3.63) is 96.8 Å². The van der Waals surface area contributed by atoms with E-state index >= 15 is 0 Å². The summed E-state index contributed by atoms with van der Waals surface area (Å²) in [5.41, 5.74) is 9.52. The minimum atomic E-state index is -3.78. The van der Waals surface area contributed by atoms with Gasteiger partial charge in [-0.1, -0.05) is 18.2 Å². The largest absolute Gasteiger partial charge is 0.446 e. The molecule has 0 spiro atoms. The lowest BCUT2D eigenvalue weighted by Crippen LogP contribution is -2.35. The molecule has 10 heteroatoms. The third-order valence-electron chi connectivity index (χ3n) is 5.19. The fraction of sp³-hybridized carbons (Fsp3) is 0.0417. The molecule has 0 fully saturated rings. The first kappa shape index (κ1) is 21.6. The summed E-state index contributed by atoms with van der Waals surface area (Å²) in [5, 5.41) is 8.26. The zero-order chi connectivity index (χ0) is 23.5. The Hall–Kier alpha value is -4.28. The molecule has 2 heterocycles. The number of hydrogen-bond donors (Lipinski definition) is 2. The van der Waals surface area contributed by atoms with Gasteiger partial charge in [0.05, 0.1) is 28.1 Å². The molecule has 9 nitrogen and oxygen atoms in total. The normalized spacial score (nSPS) is 15.4. The Balaban J connectivity index is 1.27. The number of hydrogen-bond acceptors (Lipinski definition) is 8. The van der Waals surface area contributed by atoms with Crippen molar-refractivity contribution >= 4 is 45.0 Å². The van der Waals surface area contributed by atoms with Crippen LogP contribution < -0.4 is 15.4 Å². The lowest BCUT2D eigenvalue weighted by atomic mass is 10.2. The minimum Gasteiger partial charge on any atom is -0.446 e. The molecule has 34 heavy (non-hydrogen) atoms. The van der Waals surface area contributed by atoms with Crippen molar-refractivity contribution in [3.8, 4) is 0 Å². The molecular weight excluding hydrogens is 452 g/mol. The molecular formula is C24H20N6O3S. The van der Waals surface area contributed by atoms with Crippen molar-refractivity contribution in [3.63, 3.8) is 0 Å². The van der Waals surface area contributed by atoms with Gasteiger partial charge in [-0.05, 0) is 66.7 Å². The number of nitrogens with one attached hydrogen (secondary N) is 1. The van der Waals surface area contributed by atoms with E-state index in [0.717, 1.165) is 11.3 Å². The van der Waals surface area contributed by atoms with Crippen molar-refractivity contribution in [2.75, 3.05) is 9.62 Å². The molecule has 1 unspecified atom stereocenters.